The van der Waals surface area contributed by atoms with Gasteiger partial charge in [-0.15, -0.1) is 11.3 Å². The fourth-order valence-electron chi connectivity index (χ4n) is 4.46. The number of rotatable bonds is 3. The fraction of sp³-hybridized carbons (Fsp3) is 0.733. The summed E-state index contributed by atoms with van der Waals surface area (Å²) < 4.78 is 1.23. The van der Waals surface area contributed by atoms with Gasteiger partial charge >= 0.3 is 0 Å². The zero-order valence-corrected chi connectivity index (χ0v) is 13.8. The second-order valence-corrected chi connectivity index (χ2v) is 9.48. The molecular formula is C15H22BrNS. The fourth-order valence-corrected chi connectivity index (χ4v) is 5.89. The number of hydrogen-bond donors (Lipinski definition) is 1. The largest absolute Gasteiger partial charge is 0.308 e. The van der Waals surface area contributed by atoms with Crippen molar-refractivity contribution in [2.24, 2.45) is 16.7 Å². The van der Waals surface area contributed by atoms with E-state index in [1.54, 1.807) is 0 Å². The second kappa shape index (κ2) is 4.32. The van der Waals surface area contributed by atoms with Crippen LogP contribution < -0.4 is 5.32 Å². The highest BCUT2D eigenvalue weighted by molar-refractivity contribution is 9.11. The topological polar surface area (TPSA) is 12.0 Å². The summed E-state index contributed by atoms with van der Waals surface area (Å²) in [5, 5.41) is 3.86. The van der Waals surface area contributed by atoms with Gasteiger partial charge in [0.05, 0.1) is 3.79 Å². The third-order valence-corrected chi connectivity index (χ3v) is 7.00. The molecule has 0 aliphatic heterocycles. The molecule has 0 spiro atoms. The number of nitrogens with one attached hydrogen (secondary N) is 1. The van der Waals surface area contributed by atoms with E-state index in [-0.39, 0.29) is 0 Å². The van der Waals surface area contributed by atoms with Crippen molar-refractivity contribution in [3.8, 4) is 0 Å². The Morgan fingerprint density at radius 3 is 2.72 bits per heavy atom. The minimum Gasteiger partial charge on any atom is -0.308 e. The van der Waals surface area contributed by atoms with Gasteiger partial charge in [0.15, 0.2) is 0 Å². The Morgan fingerprint density at radius 1 is 1.39 bits per heavy atom. The van der Waals surface area contributed by atoms with Crippen molar-refractivity contribution in [3.05, 3.63) is 20.8 Å². The smallest absolute Gasteiger partial charge is 0.0701 e. The van der Waals surface area contributed by atoms with E-state index in [0.717, 1.165) is 12.5 Å². The number of thiophene rings is 1. The third kappa shape index (κ3) is 1.99. The minimum absolute atomic E-state index is 0.460. The maximum Gasteiger partial charge on any atom is 0.0701 e. The van der Waals surface area contributed by atoms with E-state index in [0.29, 0.717) is 16.9 Å². The van der Waals surface area contributed by atoms with Crippen LogP contribution in [0.1, 0.15) is 44.9 Å². The van der Waals surface area contributed by atoms with Gasteiger partial charge in [0.2, 0.25) is 0 Å². The molecule has 2 aliphatic rings. The summed E-state index contributed by atoms with van der Waals surface area (Å²) in [5.74, 6) is 0.926. The zero-order chi connectivity index (χ0) is 13.0. The van der Waals surface area contributed by atoms with Crippen LogP contribution in [0.25, 0.3) is 0 Å². The highest BCUT2D eigenvalue weighted by Gasteiger charge is 2.58. The summed E-state index contributed by atoms with van der Waals surface area (Å²) in [6.45, 7) is 8.44. The highest BCUT2D eigenvalue weighted by atomic mass is 79.9. The van der Waals surface area contributed by atoms with Crippen molar-refractivity contribution in [2.45, 2.75) is 52.6 Å². The summed E-state index contributed by atoms with van der Waals surface area (Å²) >= 11 is 5.39. The van der Waals surface area contributed by atoms with Crippen LogP contribution in [0.15, 0.2) is 15.9 Å². The summed E-state index contributed by atoms with van der Waals surface area (Å²) in [6.07, 6.45) is 4.27. The van der Waals surface area contributed by atoms with Crippen molar-refractivity contribution in [3.63, 3.8) is 0 Å². The SMILES string of the molecule is CC12CCC(C1)C(C)(C)C2NCc1ccc(Br)s1. The van der Waals surface area contributed by atoms with Crippen LogP contribution in [-0.4, -0.2) is 6.04 Å². The van der Waals surface area contributed by atoms with E-state index < -0.39 is 0 Å². The Balaban J connectivity index is 1.72. The molecule has 3 atom stereocenters. The van der Waals surface area contributed by atoms with Gasteiger partial charge < -0.3 is 5.32 Å². The standard InChI is InChI=1S/C15H22BrNS/c1-14(2)10-6-7-15(3,8-10)13(14)17-9-11-4-5-12(16)18-11/h4-5,10,13,17H,6-9H2,1-3H3. The minimum atomic E-state index is 0.460. The first-order valence-electron chi connectivity index (χ1n) is 6.89. The molecule has 1 aromatic heterocycles. The van der Waals surface area contributed by atoms with E-state index in [4.69, 9.17) is 0 Å². The lowest BCUT2D eigenvalue weighted by Crippen LogP contribution is -2.49. The Labute approximate surface area is 122 Å². The lowest BCUT2D eigenvalue weighted by Gasteiger charge is -2.43. The molecule has 3 heteroatoms. The van der Waals surface area contributed by atoms with E-state index in [1.165, 1.54) is 27.9 Å². The van der Waals surface area contributed by atoms with E-state index >= 15 is 0 Å². The van der Waals surface area contributed by atoms with Crippen LogP contribution in [-0.2, 0) is 6.54 Å². The molecule has 0 amide bonds. The molecule has 1 aromatic rings. The van der Waals surface area contributed by atoms with Crippen molar-refractivity contribution < 1.29 is 0 Å². The molecule has 1 N–H and O–H groups in total. The predicted molar refractivity (Wildman–Crippen MR) is 81.9 cm³/mol. The normalized spacial score (nSPS) is 37.3. The molecule has 18 heavy (non-hydrogen) atoms. The summed E-state index contributed by atoms with van der Waals surface area (Å²) in [6, 6.07) is 5.05. The van der Waals surface area contributed by atoms with E-state index in [9.17, 15) is 0 Å². The number of fused-ring (bicyclic) bond motifs is 2. The molecule has 0 radical (unpaired) electrons. The molecule has 1 nitrogen and oxygen atoms in total. The summed E-state index contributed by atoms with van der Waals surface area (Å²) in [4.78, 5) is 1.43. The summed E-state index contributed by atoms with van der Waals surface area (Å²) in [5.41, 5.74) is 0.990. The first-order valence-corrected chi connectivity index (χ1v) is 8.50. The maximum absolute atomic E-state index is 3.86. The first kappa shape index (κ1) is 13.1. The molecule has 2 aliphatic carbocycles. The third-order valence-electron chi connectivity index (χ3n) is 5.38. The molecule has 100 valence electrons. The maximum atomic E-state index is 3.86. The van der Waals surface area contributed by atoms with Crippen molar-refractivity contribution >= 4 is 27.3 Å². The number of halogens is 1. The van der Waals surface area contributed by atoms with Crippen LogP contribution in [0.5, 0.6) is 0 Å². The van der Waals surface area contributed by atoms with E-state index in [2.05, 4.69) is 54.2 Å². The molecule has 3 unspecified atom stereocenters. The Kier molecular flexibility index (Phi) is 3.15. The molecule has 2 fully saturated rings. The van der Waals surface area contributed by atoms with Gasteiger partial charge in [-0.05, 0) is 64.1 Å². The average Bonchev–Trinajstić information content (AvgIpc) is 2.89. The second-order valence-electron chi connectivity index (χ2n) is 6.93. The summed E-state index contributed by atoms with van der Waals surface area (Å²) in [7, 11) is 0. The predicted octanol–water partition coefficient (Wildman–Crippen LogP) is 4.82. The molecule has 2 bridgehead atoms. The van der Waals surface area contributed by atoms with Gasteiger partial charge in [-0.3, -0.25) is 0 Å². The van der Waals surface area contributed by atoms with Crippen molar-refractivity contribution in [2.75, 3.05) is 0 Å². The molecule has 0 aromatic carbocycles. The van der Waals surface area contributed by atoms with Crippen molar-refractivity contribution in [1.82, 2.24) is 5.32 Å². The molecule has 0 saturated heterocycles. The molecule has 3 rings (SSSR count). The monoisotopic (exact) mass is 327 g/mol. The van der Waals surface area contributed by atoms with Crippen molar-refractivity contribution in [1.29, 1.82) is 0 Å². The van der Waals surface area contributed by atoms with Gasteiger partial charge in [-0.2, -0.15) is 0 Å². The zero-order valence-electron chi connectivity index (χ0n) is 11.4. The van der Waals surface area contributed by atoms with Crippen LogP contribution in [0.4, 0.5) is 0 Å². The van der Waals surface area contributed by atoms with Crippen LogP contribution in [0.3, 0.4) is 0 Å². The molecule has 2 saturated carbocycles. The van der Waals surface area contributed by atoms with Gasteiger partial charge in [0.1, 0.15) is 0 Å². The van der Waals surface area contributed by atoms with Gasteiger partial charge in [0, 0.05) is 17.5 Å². The average molecular weight is 328 g/mol. The Hall–Kier alpha value is 0.140. The highest BCUT2D eigenvalue weighted by Crippen LogP contribution is 2.62. The first-order chi connectivity index (χ1) is 8.42. The van der Waals surface area contributed by atoms with Gasteiger partial charge in [-0.1, -0.05) is 20.8 Å². The molecule has 1 heterocycles. The van der Waals surface area contributed by atoms with Crippen LogP contribution >= 0.6 is 27.3 Å². The van der Waals surface area contributed by atoms with Crippen LogP contribution in [0.2, 0.25) is 0 Å². The Bertz CT molecular complexity index is 448. The van der Waals surface area contributed by atoms with Gasteiger partial charge in [-0.25, -0.2) is 0 Å². The Morgan fingerprint density at radius 2 is 2.17 bits per heavy atom. The van der Waals surface area contributed by atoms with Crippen LogP contribution in [0, 0.1) is 16.7 Å². The molecular weight excluding hydrogens is 306 g/mol. The van der Waals surface area contributed by atoms with E-state index in [1.807, 2.05) is 11.3 Å². The lowest BCUT2D eigenvalue weighted by atomic mass is 9.68. The number of hydrogen-bond acceptors (Lipinski definition) is 2. The van der Waals surface area contributed by atoms with Gasteiger partial charge in [0.25, 0.3) is 0 Å². The quantitative estimate of drug-likeness (QED) is 0.839. The lowest BCUT2D eigenvalue weighted by molar-refractivity contribution is 0.108.